The molecule has 2 amide bonds. The van der Waals surface area contributed by atoms with Gasteiger partial charge in [-0.1, -0.05) is 42.5 Å². The third-order valence-electron chi connectivity index (χ3n) is 6.75. The van der Waals surface area contributed by atoms with Gasteiger partial charge in [-0.15, -0.1) is 0 Å². The summed E-state index contributed by atoms with van der Waals surface area (Å²) in [6.45, 7) is 1.53. The van der Waals surface area contributed by atoms with Crippen molar-refractivity contribution in [2.45, 2.75) is 19.0 Å². The molecular weight excluding hydrogens is 494 g/mol. The Bertz CT molecular complexity index is 1420. The van der Waals surface area contributed by atoms with E-state index in [1.165, 1.54) is 0 Å². The number of benzene rings is 3. The smallest absolute Gasteiger partial charge is 0.247 e. The summed E-state index contributed by atoms with van der Waals surface area (Å²) < 4.78 is 0. The van der Waals surface area contributed by atoms with E-state index in [1.807, 2.05) is 74.9 Å². The summed E-state index contributed by atoms with van der Waals surface area (Å²) in [6, 6.07) is 23.7. The topological polar surface area (TPSA) is 80.5 Å². The molecule has 5 rings (SSSR count). The van der Waals surface area contributed by atoms with Crippen LogP contribution in [0.15, 0.2) is 79.0 Å². The summed E-state index contributed by atoms with van der Waals surface area (Å²) >= 11 is 1.63. The van der Waals surface area contributed by atoms with Crippen molar-refractivity contribution in [3.63, 3.8) is 0 Å². The van der Waals surface area contributed by atoms with Crippen molar-refractivity contribution in [3.8, 4) is 0 Å². The van der Waals surface area contributed by atoms with Crippen molar-refractivity contribution in [2.75, 3.05) is 47.7 Å². The Morgan fingerprint density at radius 2 is 1.79 bits per heavy atom. The Kier molecular flexibility index (Phi) is 8.00. The number of para-hydroxylation sites is 3. The van der Waals surface area contributed by atoms with E-state index in [-0.39, 0.29) is 17.9 Å². The summed E-state index contributed by atoms with van der Waals surface area (Å²) in [5.41, 5.74) is 5.86. The number of amides is 2. The Morgan fingerprint density at radius 3 is 2.61 bits per heavy atom. The van der Waals surface area contributed by atoms with Gasteiger partial charge in [0.25, 0.3) is 0 Å². The highest BCUT2D eigenvalue weighted by molar-refractivity contribution is 7.99. The third kappa shape index (κ3) is 6.03. The average molecular weight is 528 g/mol. The number of aromatic amines is 1. The standard InChI is InChI=1S/C30H33N5O2S/c1-34(2)15-16-38-20-29(36)32-23-13-11-21(12-14-23)19-35-27-10-6-5-9-26(27)33-30(37)28(35)17-22-18-31-25-8-4-3-7-24(22)25/h3-14,18,28,31H,15-17,19-20H2,1-2H3,(H,32,36)(H,33,37). The fraction of sp³-hybridized carbons (Fsp3) is 0.267. The van der Waals surface area contributed by atoms with Crippen molar-refractivity contribution in [2.24, 2.45) is 0 Å². The van der Waals surface area contributed by atoms with Crippen LogP contribution in [0.4, 0.5) is 17.1 Å². The predicted octanol–water partition coefficient (Wildman–Crippen LogP) is 4.97. The maximum Gasteiger partial charge on any atom is 0.247 e. The zero-order valence-electron chi connectivity index (χ0n) is 21.7. The van der Waals surface area contributed by atoms with Crippen molar-refractivity contribution in [3.05, 3.63) is 90.1 Å². The minimum atomic E-state index is -0.359. The summed E-state index contributed by atoms with van der Waals surface area (Å²) in [5, 5.41) is 7.22. The minimum absolute atomic E-state index is 0.00179. The minimum Gasteiger partial charge on any atom is -0.361 e. The number of hydrogen-bond donors (Lipinski definition) is 3. The highest BCUT2D eigenvalue weighted by atomic mass is 32.2. The van der Waals surface area contributed by atoms with E-state index < -0.39 is 0 Å². The van der Waals surface area contributed by atoms with E-state index in [0.29, 0.717) is 18.7 Å². The number of carbonyl (C=O) groups is 2. The zero-order chi connectivity index (χ0) is 26.5. The van der Waals surface area contributed by atoms with Gasteiger partial charge in [-0.05, 0) is 55.6 Å². The number of hydrogen-bond acceptors (Lipinski definition) is 5. The molecule has 1 aromatic heterocycles. The molecule has 0 spiro atoms. The number of carbonyl (C=O) groups excluding carboxylic acids is 2. The van der Waals surface area contributed by atoms with Crippen molar-refractivity contribution >= 4 is 51.5 Å². The largest absolute Gasteiger partial charge is 0.361 e. The van der Waals surface area contributed by atoms with Crippen LogP contribution in [-0.4, -0.2) is 59.9 Å². The summed E-state index contributed by atoms with van der Waals surface area (Å²) in [4.78, 5) is 33.3. The quantitative estimate of drug-likeness (QED) is 0.254. The van der Waals surface area contributed by atoms with Crippen LogP contribution in [0, 0.1) is 0 Å². The van der Waals surface area contributed by atoms with E-state index in [1.54, 1.807) is 11.8 Å². The van der Waals surface area contributed by atoms with Gasteiger partial charge in [-0.3, -0.25) is 9.59 Å². The molecule has 0 aliphatic carbocycles. The lowest BCUT2D eigenvalue weighted by molar-refractivity contribution is -0.117. The number of H-pyrrole nitrogens is 1. The van der Waals surface area contributed by atoms with E-state index in [9.17, 15) is 9.59 Å². The second-order valence-electron chi connectivity index (χ2n) is 9.81. The highest BCUT2D eigenvalue weighted by Crippen LogP contribution is 2.35. The molecule has 0 saturated heterocycles. The molecule has 196 valence electrons. The van der Waals surface area contributed by atoms with Crippen molar-refractivity contribution in [1.29, 1.82) is 0 Å². The van der Waals surface area contributed by atoms with Gasteiger partial charge in [0.2, 0.25) is 11.8 Å². The van der Waals surface area contributed by atoms with Crippen molar-refractivity contribution < 1.29 is 9.59 Å². The number of thioether (sulfide) groups is 1. The Balaban J connectivity index is 1.31. The first-order chi connectivity index (χ1) is 18.5. The van der Waals surface area contributed by atoms with Crippen LogP contribution in [-0.2, 0) is 22.6 Å². The maximum atomic E-state index is 13.3. The lowest BCUT2D eigenvalue weighted by Crippen LogP contribution is -2.49. The second-order valence-corrected chi connectivity index (χ2v) is 10.9. The molecule has 4 aromatic rings. The summed E-state index contributed by atoms with van der Waals surface area (Å²) in [5.74, 6) is 1.35. The SMILES string of the molecule is CN(C)CCSCC(=O)Nc1ccc(CN2c3ccccc3NC(=O)C2Cc2c[nH]c3ccccc23)cc1. The first-order valence-corrected chi connectivity index (χ1v) is 14.0. The number of fused-ring (bicyclic) bond motifs is 2. The number of aromatic nitrogens is 1. The number of rotatable bonds is 10. The molecule has 0 saturated carbocycles. The fourth-order valence-electron chi connectivity index (χ4n) is 4.76. The van der Waals surface area contributed by atoms with Gasteiger partial charge in [0.15, 0.2) is 0 Å². The first-order valence-electron chi connectivity index (χ1n) is 12.8. The molecule has 0 bridgehead atoms. The van der Waals surface area contributed by atoms with E-state index in [4.69, 9.17) is 0 Å². The summed E-state index contributed by atoms with van der Waals surface area (Å²) in [7, 11) is 4.06. The first kappa shape index (κ1) is 25.9. The molecular formula is C30H33N5O2S. The second kappa shape index (κ2) is 11.8. The molecule has 1 aliphatic rings. The molecule has 1 atom stereocenters. The molecule has 38 heavy (non-hydrogen) atoms. The normalized spacial score (nSPS) is 15.0. The molecule has 1 unspecified atom stereocenters. The molecule has 0 radical (unpaired) electrons. The van der Waals surface area contributed by atoms with Gasteiger partial charge in [0.1, 0.15) is 6.04 Å². The van der Waals surface area contributed by atoms with Crippen LogP contribution in [0.5, 0.6) is 0 Å². The van der Waals surface area contributed by atoms with E-state index >= 15 is 0 Å². The lowest BCUT2D eigenvalue weighted by atomic mass is 9.98. The van der Waals surface area contributed by atoms with Gasteiger partial charge in [0, 0.05) is 48.1 Å². The third-order valence-corrected chi connectivity index (χ3v) is 7.68. The van der Waals surface area contributed by atoms with Crippen LogP contribution in [0.25, 0.3) is 10.9 Å². The molecule has 8 heteroatoms. The number of nitrogens with zero attached hydrogens (tertiary/aromatic N) is 2. The Labute approximate surface area is 227 Å². The van der Waals surface area contributed by atoms with Crippen molar-refractivity contribution in [1.82, 2.24) is 9.88 Å². The van der Waals surface area contributed by atoms with Gasteiger partial charge in [0.05, 0.1) is 17.1 Å². The molecule has 7 nitrogen and oxygen atoms in total. The van der Waals surface area contributed by atoms with Gasteiger partial charge < -0.3 is 25.4 Å². The Morgan fingerprint density at radius 1 is 1.03 bits per heavy atom. The predicted molar refractivity (Wildman–Crippen MR) is 158 cm³/mol. The molecule has 2 heterocycles. The maximum absolute atomic E-state index is 13.3. The highest BCUT2D eigenvalue weighted by Gasteiger charge is 2.33. The van der Waals surface area contributed by atoms with Crippen LogP contribution < -0.4 is 15.5 Å². The number of anilines is 3. The van der Waals surface area contributed by atoms with Crippen LogP contribution >= 0.6 is 11.8 Å². The lowest BCUT2D eigenvalue weighted by Gasteiger charge is -2.38. The van der Waals surface area contributed by atoms with Crippen LogP contribution in [0.1, 0.15) is 11.1 Å². The molecule has 1 aliphatic heterocycles. The van der Waals surface area contributed by atoms with Gasteiger partial charge >= 0.3 is 0 Å². The van der Waals surface area contributed by atoms with Gasteiger partial charge in [-0.25, -0.2) is 0 Å². The van der Waals surface area contributed by atoms with Crippen LogP contribution in [0.2, 0.25) is 0 Å². The molecule has 0 fully saturated rings. The summed E-state index contributed by atoms with van der Waals surface area (Å²) in [6.07, 6.45) is 2.59. The zero-order valence-corrected chi connectivity index (χ0v) is 22.6. The molecule has 3 aromatic carbocycles. The van der Waals surface area contributed by atoms with Crippen LogP contribution in [0.3, 0.4) is 0 Å². The average Bonchev–Trinajstić information content (AvgIpc) is 3.32. The monoisotopic (exact) mass is 527 g/mol. The van der Waals surface area contributed by atoms with E-state index in [2.05, 4.69) is 43.6 Å². The van der Waals surface area contributed by atoms with Gasteiger partial charge in [-0.2, -0.15) is 11.8 Å². The number of nitrogens with one attached hydrogen (secondary N) is 3. The fourth-order valence-corrected chi connectivity index (χ4v) is 5.66. The van der Waals surface area contributed by atoms with E-state index in [0.717, 1.165) is 51.4 Å². The Hall–Kier alpha value is -3.75. The molecule has 3 N–H and O–H groups in total.